The van der Waals surface area contributed by atoms with E-state index in [1.165, 1.54) is 11.9 Å². The molecule has 0 spiro atoms. The normalized spacial score (nSPS) is 15.3. The molecule has 0 radical (unpaired) electrons. The van der Waals surface area contributed by atoms with Gasteiger partial charge in [0.1, 0.15) is 5.75 Å². The number of benzene rings is 1. The van der Waals surface area contributed by atoms with Gasteiger partial charge in [-0.25, -0.2) is 0 Å². The summed E-state index contributed by atoms with van der Waals surface area (Å²) in [7, 11) is 1.68. The zero-order chi connectivity index (χ0) is 16.8. The number of carbonyl (C=O) groups is 1. The standard InChI is InChI=1S/C17H22N4O3/c1-23-15-4-2-14(3-5-15)21-12-10-20(11-13-21)9-8-18-17(22)16-6-7-19-24-16/h2-7H,8-13H2,1H3,(H,18,22). The van der Waals surface area contributed by atoms with Gasteiger partial charge in [0.15, 0.2) is 0 Å². The van der Waals surface area contributed by atoms with Gasteiger partial charge in [0.2, 0.25) is 5.76 Å². The summed E-state index contributed by atoms with van der Waals surface area (Å²) in [5.41, 5.74) is 1.22. The zero-order valence-electron chi connectivity index (χ0n) is 13.8. The molecule has 1 saturated heterocycles. The largest absolute Gasteiger partial charge is 0.497 e. The molecule has 0 saturated carbocycles. The summed E-state index contributed by atoms with van der Waals surface area (Å²) in [6.45, 7) is 5.33. The van der Waals surface area contributed by atoms with Gasteiger partial charge in [0.25, 0.3) is 5.91 Å². The van der Waals surface area contributed by atoms with E-state index in [0.717, 1.165) is 38.5 Å². The number of aromatic nitrogens is 1. The SMILES string of the molecule is COc1ccc(N2CCN(CCNC(=O)c3ccno3)CC2)cc1. The van der Waals surface area contributed by atoms with Crippen LogP contribution in [0.4, 0.5) is 5.69 Å². The topological polar surface area (TPSA) is 70.8 Å². The Labute approximate surface area is 141 Å². The quantitative estimate of drug-likeness (QED) is 0.859. The first kappa shape index (κ1) is 16.3. The van der Waals surface area contributed by atoms with Crippen LogP contribution in [0.2, 0.25) is 0 Å². The number of carbonyl (C=O) groups excluding carboxylic acids is 1. The van der Waals surface area contributed by atoms with E-state index in [-0.39, 0.29) is 11.7 Å². The Balaban J connectivity index is 1.39. The lowest BCUT2D eigenvalue weighted by atomic mass is 10.2. The number of piperazine rings is 1. The second-order valence-corrected chi connectivity index (χ2v) is 5.66. The van der Waals surface area contributed by atoms with Crippen molar-refractivity contribution in [2.75, 3.05) is 51.3 Å². The maximum Gasteiger partial charge on any atom is 0.289 e. The van der Waals surface area contributed by atoms with E-state index in [1.807, 2.05) is 12.1 Å². The molecular formula is C17H22N4O3. The maximum absolute atomic E-state index is 11.8. The van der Waals surface area contributed by atoms with Crippen LogP contribution >= 0.6 is 0 Å². The predicted octanol–water partition coefficient (Wildman–Crippen LogP) is 1.24. The summed E-state index contributed by atoms with van der Waals surface area (Å²) in [6, 6.07) is 9.71. The van der Waals surface area contributed by atoms with Gasteiger partial charge in [-0.3, -0.25) is 9.69 Å². The Morgan fingerprint density at radius 3 is 2.58 bits per heavy atom. The first-order chi connectivity index (χ1) is 11.8. The number of hydrogen-bond acceptors (Lipinski definition) is 6. The van der Waals surface area contributed by atoms with Crippen LogP contribution in [0.5, 0.6) is 5.75 Å². The fourth-order valence-electron chi connectivity index (χ4n) is 2.77. The number of methoxy groups -OCH3 is 1. The van der Waals surface area contributed by atoms with Crippen LogP contribution in [0.3, 0.4) is 0 Å². The third-order valence-electron chi connectivity index (χ3n) is 4.19. The third-order valence-corrected chi connectivity index (χ3v) is 4.19. The molecule has 0 atom stereocenters. The Hall–Kier alpha value is -2.54. The lowest BCUT2D eigenvalue weighted by Crippen LogP contribution is -2.48. The molecule has 0 bridgehead atoms. The summed E-state index contributed by atoms with van der Waals surface area (Å²) < 4.78 is 10.0. The molecule has 2 heterocycles. The molecule has 7 heteroatoms. The molecule has 0 unspecified atom stereocenters. The fraction of sp³-hybridized carbons (Fsp3) is 0.412. The van der Waals surface area contributed by atoms with Crippen molar-refractivity contribution in [2.45, 2.75) is 0 Å². The van der Waals surface area contributed by atoms with Gasteiger partial charge in [-0.2, -0.15) is 0 Å². The first-order valence-electron chi connectivity index (χ1n) is 8.06. The van der Waals surface area contributed by atoms with Crippen LogP contribution in [0.1, 0.15) is 10.6 Å². The lowest BCUT2D eigenvalue weighted by molar-refractivity contribution is 0.0911. The van der Waals surface area contributed by atoms with Crippen LogP contribution in [-0.4, -0.2) is 62.3 Å². The van der Waals surface area contributed by atoms with Crippen LogP contribution < -0.4 is 15.0 Å². The molecule has 1 aliphatic rings. The molecule has 1 amide bonds. The van der Waals surface area contributed by atoms with Crippen molar-refractivity contribution in [1.82, 2.24) is 15.4 Å². The Morgan fingerprint density at radius 1 is 1.21 bits per heavy atom. The summed E-state index contributed by atoms with van der Waals surface area (Å²) in [6.07, 6.45) is 1.47. The molecule has 0 aliphatic carbocycles. The second-order valence-electron chi connectivity index (χ2n) is 5.66. The smallest absolute Gasteiger partial charge is 0.289 e. The van der Waals surface area contributed by atoms with E-state index in [0.29, 0.717) is 6.54 Å². The first-order valence-corrected chi connectivity index (χ1v) is 8.06. The average Bonchev–Trinajstić information content (AvgIpc) is 3.17. The molecule has 1 fully saturated rings. The van der Waals surface area contributed by atoms with E-state index in [2.05, 4.69) is 32.4 Å². The van der Waals surface area contributed by atoms with Gasteiger partial charge in [-0.05, 0) is 24.3 Å². The molecule has 1 aliphatic heterocycles. The van der Waals surface area contributed by atoms with Crippen LogP contribution in [0, 0.1) is 0 Å². The van der Waals surface area contributed by atoms with Crippen LogP contribution in [0.15, 0.2) is 41.1 Å². The molecule has 128 valence electrons. The van der Waals surface area contributed by atoms with Gasteiger partial charge in [-0.1, -0.05) is 5.16 Å². The summed E-state index contributed by atoms with van der Waals surface area (Å²) in [4.78, 5) is 16.5. The van der Waals surface area contributed by atoms with E-state index >= 15 is 0 Å². The highest BCUT2D eigenvalue weighted by Gasteiger charge is 2.17. The number of rotatable bonds is 6. The van der Waals surface area contributed by atoms with E-state index in [4.69, 9.17) is 9.26 Å². The van der Waals surface area contributed by atoms with Gasteiger partial charge in [-0.15, -0.1) is 0 Å². The second kappa shape index (κ2) is 7.83. The lowest BCUT2D eigenvalue weighted by Gasteiger charge is -2.36. The monoisotopic (exact) mass is 330 g/mol. The van der Waals surface area contributed by atoms with Gasteiger partial charge in [0, 0.05) is 51.0 Å². The van der Waals surface area contributed by atoms with Crippen molar-refractivity contribution in [1.29, 1.82) is 0 Å². The number of hydrogen-bond donors (Lipinski definition) is 1. The van der Waals surface area contributed by atoms with Crippen molar-refractivity contribution in [3.05, 3.63) is 42.3 Å². The third kappa shape index (κ3) is 4.05. The van der Waals surface area contributed by atoms with E-state index < -0.39 is 0 Å². The van der Waals surface area contributed by atoms with E-state index in [1.54, 1.807) is 13.2 Å². The predicted molar refractivity (Wildman–Crippen MR) is 90.5 cm³/mol. The summed E-state index contributed by atoms with van der Waals surface area (Å²) in [5.74, 6) is 0.906. The van der Waals surface area contributed by atoms with Crippen LogP contribution in [0.25, 0.3) is 0 Å². The Kier molecular flexibility index (Phi) is 5.32. The Morgan fingerprint density at radius 2 is 1.96 bits per heavy atom. The molecule has 7 nitrogen and oxygen atoms in total. The van der Waals surface area contributed by atoms with Crippen LogP contribution in [-0.2, 0) is 0 Å². The highest BCUT2D eigenvalue weighted by atomic mass is 16.5. The number of amides is 1. The highest BCUT2D eigenvalue weighted by molar-refractivity contribution is 5.91. The molecule has 24 heavy (non-hydrogen) atoms. The number of nitrogens with one attached hydrogen (secondary N) is 1. The molecule has 1 aromatic carbocycles. The minimum absolute atomic E-state index is 0.218. The number of nitrogens with zero attached hydrogens (tertiary/aromatic N) is 3. The maximum atomic E-state index is 11.8. The molecule has 2 aromatic rings. The molecular weight excluding hydrogens is 308 g/mol. The van der Waals surface area contributed by atoms with Crippen molar-refractivity contribution < 1.29 is 14.1 Å². The fourth-order valence-corrected chi connectivity index (χ4v) is 2.77. The van der Waals surface area contributed by atoms with Crippen molar-refractivity contribution in [3.8, 4) is 5.75 Å². The molecule has 1 aromatic heterocycles. The summed E-state index contributed by atoms with van der Waals surface area (Å²) in [5, 5.41) is 6.38. The number of anilines is 1. The van der Waals surface area contributed by atoms with Gasteiger partial charge in [0.05, 0.1) is 13.3 Å². The molecule has 3 rings (SSSR count). The Bertz CT molecular complexity index is 634. The zero-order valence-corrected chi connectivity index (χ0v) is 13.8. The van der Waals surface area contributed by atoms with Gasteiger partial charge < -0.3 is 19.5 Å². The minimum Gasteiger partial charge on any atom is -0.497 e. The van der Waals surface area contributed by atoms with E-state index in [9.17, 15) is 4.79 Å². The highest BCUT2D eigenvalue weighted by Crippen LogP contribution is 2.20. The average molecular weight is 330 g/mol. The molecule has 1 N–H and O–H groups in total. The van der Waals surface area contributed by atoms with Gasteiger partial charge >= 0.3 is 0 Å². The summed E-state index contributed by atoms with van der Waals surface area (Å²) >= 11 is 0. The number of ether oxygens (including phenoxy) is 1. The van der Waals surface area contributed by atoms with Crippen molar-refractivity contribution >= 4 is 11.6 Å². The minimum atomic E-state index is -0.218. The van der Waals surface area contributed by atoms with Crippen molar-refractivity contribution in [2.24, 2.45) is 0 Å². The van der Waals surface area contributed by atoms with Crippen molar-refractivity contribution in [3.63, 3.8) is 0 Å².